The molecule has 1 amide bonds. The number of amides is 1. The normalized spacial score (nSPS) is 10.6. The number of ether oxygens (including phenoxy) is 1. The number of nitrogens with one attached hydrogen (secondary N) is 2. The second kappa shape index (κ2) is 6.58. The van der Waals surface area contributed by atoms with Crippen LogP contribution in [0.15, 0.2) is 54.6 Å². The summed E-state index contributed by atoms with van der Waals surface area (Å²) in [6.07, 6.45) is -0.673. The van der Waals surface area contributed by atoms with Crippen molar-refractivity contribution in [3.63, 3.8) is 0 Å². The minimum absolute atomic E-state index is 0.0133. The molecule has 2 N–H and O–H groups in total. The summed E-state index contributed by atoms with van der Waals surface area (Å²) in [6, 6.07) is 16.6. The summed E-state index contributed by atoms with van der Waals surface area (Å²) in [6.45, 7) is 5.00. The quantitative estimate of drug-likeness (QED) is 0.564. The third kappa shape index (κ3) is 3.15. The number of rotatable bonds is 3. The average molecular weight is 321 g/mol. The Morgan fingerprint density at radius 3 is 2.62 bits per heavy atom. The first-order valence-corrected chi connectivity index (χ1v) is 7.81. The van der Waals surface area contributed by atoms with Crippen LogP contribution in [0.25, 0.3) is 10.9 Å². The molecule has 3 rings (SSSR count). The van der Waals surface area contributed by atoms with Crippen LogP contribution in [-0.2, 0) is 6.54 Å². The van der Waals surface area contributed by atoms with E-state index in [9.17, 15) is 4.79 Å². The number of para-hydroxylation sites is 1. The van der Waals surface area contributed by atoms with Gasteiger partial charge in [-0.05, 0) is 43.5 Å². The molecule has 0 spiro atoms. The molecule has 0 fully saturated rings. The van der Waals surface area contributed by atoms with Gasteiger partial charge in [0.05, 0.1) is 0 Å². The zero-order chi connectivity index (χ0) is 17.1. The van der Waals surface area contributed by atoms with Crippen LogP contribution < -0.4 is 10.1 Å². The van der Waals surface area contributed by atoms with Crippen molar-refractivity contribution in [2.45, 2.75) is 20.4 Å². The van der Waals surface area contributed by atoms with Gasteiger partial charge in [-0.15, -0.1) is 0 Å². The van der Waals surface area contributed by atoms with Crippen LogP contribution in [0.3, 0.4) is 0 Å². The van der Waals surface area contributed by atoms with Crippen LogP contribution in [0.1, 0.15) is 18.2 Å². The van der Waals surface area contributed by atoms with Gasteiger partial charge in [0.15, 0.2) is 0 Å². The number of benzene rings is 2. The number of aromatic nitrogens is 1. The molecule has 0 saturated carbocycles. The van der Waals surface area contributed by atoms with E-state index in [1.54, 1.807) is 24.3 Å². The fourth-order valence-corrected chi connectivity index (χ4v) is 2.76. The van der Waals surface area contributed by atoms with Crippen molar-refractivity contribution in [2.24, 2.45) is 0 Å². The number of aryl methyl sites for hydroxylation is 2. The predicted octanol–water partition coefficient (Wildman–Crippen LogP) is 4.08. The zero-order valence-corrected chi connectivity index (χ0v) is 13.7. The summed E-state index contributed by atoms with van der Waals surface area (Å²) in [5.41, 5.74) is 2.86. The van der Waals surface area contributed by atoms with Crippen LogP contribution in [-0.4, -0.2) is 16.5 Å². The summed E-state index contributed by atoms with van der Waals surface area (Å²) < 4.78 is 7.32. The first-order valence-electron chi connectivity index (χ1n) is 7.81. The van der Waals surface area contributed by atoms with Crippen molar-refractivity contribution in [3.8, 4) is 5.75 Å². The number of amidine groups is 1. The molecule has 1 aromatic heterocycles. The Balaban J connectivity index is 1.77. The molecule has 0 aliphatic rings. The lowest BCUT2D eigenvalue weighted by molar-refractivity contribution is 0.206. The van der Waals surface area contributed by atoms with Gasteiger partial charge >= 0.3 is 6.09 Å². The van der Waals surface area contributed by atoms with Crippen LogP contribution >= 0.6 is 0 Å². The molecule has 0 atom stereocenters. The zero-order valence-electron chi connectivity index (χ0n) is 13.7. The Kier molecular flexibility index (Phi) is 4.33. The first-order chi connectivity index (χ1) is 11.6. The number of fused-ring (bicyclic) bond motifs is 1. The maximum atomic E-state index is 11.9. The highest BCUT2D eigenvalue weighted by Crippen LogP contribution is 2.21. The molecule has 0 unspecified atom stereocenters. The maximum absolute atomic E-state index is 11.9. The largest absolute Gasteiger partial charge is 0.418 e. The third-order valence-corrected chi connectivity index (χ3v) is 3.90. The van der Waals surface area contributed by atoms with Crippen molar-refractivity contribution in [2.75, 3.05) is 0 Å². The number of carbonyl (C=O) groups excluding carboxylic acids is 1. The van der Waals surface area contributed by atoms with E-state index in [0.29, 0.717) is 11.3 Å². The van der Waals surface area contributed by atoms with Gasteiger partial charge in [0.25, 0.3) is 0 Å². The molecule has 3 aromatic rings. The molecule has 0 aliphatic heterocycles. The fourth-order valence-electron chi connectivity index (χ4n) is 2.76. The molecule has 5 heteroatoms. The van der Waals surface area contributed by atoms with Gasteiger partial charge in [0, 0.05) is 23.3 Å². The molecule has 2 aromatic carbocycles. The van der Waals surface area contributed by atoms with Crippen molar-refractivity contribution in [1.82, 2.24) is 9.88 Å². The van der Waals surface area contributed by atoms with Gasteiger partial charge in [0.2, 0.25) is 0 Å². The van der Waals surface area contributed by atoms with Gasteiger partial charge in [0.1, 0.15) is 11.6 Å². The lowest BCUT2D eigenvalue weighted by Gasteiger charge is -2.09. The number of nitrogens with zero attached hydrogens (tertiary/aromatic N) is 1. The van der Waals surface area contributed by atoms with E-state index in [2.05, 4.69) is 29.8 Å². The molecule has 0 saturated heterocycles. The topological polar surface area (TPSA) is 67.1 Å². The van der Waals surface area contributed by atoms with E-state index in [1.807, 2.05) is 24.3 Å². The van der Waals surface area contributed by atoms with E-state index in [-0.39, 0.29) is 5.84 Å². The average Bonchev–Trinajstić information content (AvgIpc) is 2.89. The Morgan fingerprint density at radius 1 is 1.17 bits per heavy atom. The highest BCUT2D eigenvalue weighted by atomic mass is 16.6. The van der Waals surface area contributed by atoms with Crippen LogP contribution in [0.4, 0.5) is 4.79 Å². The molecular weight excluding hydrogens is 302 g/mol. The molecule has 0 bridgehead atoms. The molecule has 1 heterocycles. The van der Waals surface area contributed by atoms with Crippen LogP contribution in [0.5, 0.6) is 5.75 Å². The van der Waals surface area contributed by atoms with Crippen LogP contribution in [0, 0.1) is 12.3 Å². The minimum atomic E-state index is -0.673. The third-order valence-electron chi connectivity index (χ3n) is 3.90. The summed E-state index contributed by atoms with van der Waals surface area (Å²) >= 11 is 0. The van der Waals surface area contributed by atoms with Crippen LogP contribution in [0.2, 0.25) is 0 Å². The molecule has 0 radical (unpaired) electrons. The van der Waals surface area contributed by atoms with E-state index >= 15 is 0 Å². The van der Waals surface area contributed by atoms with Gasteiger partial charge in [-0.25, -0.2) is 4.79 Å². The summed E-state index contributed by atoms with van der Waals surface area (Å²) in [5, 5.41) is 11.7. The highest BCUT2D eigenvalue weighted by Gasteiger charge is 2.11. The summed E-state index contributed by atoms with van der Waals surface area (Å²) in [4.78, 5) is 11.9. The second-order valence-corrected chi connectivity index (χ2v) is 5.51. The first kappa shape index (κ1) is 15.8. The fraction of sp³-hybridized carbons (Fsp3) is 0.158. The molecule has 0 aliphatic carbocycles. The SMILES string of the molecule is CCn1c(C)cc2ccc(C(=N)NC(=O)Oc3ccccc3)cc21. The summed E-state index contributed by atoms with van der Waals surface area (Å²) in [5.74, 6) is 0.452. The lowest BCUT2D eigenvalue weighted by atomic mass is 10.1. The van der Waals surface area contributed by atoms with Crippen molar-refractivity contribution < 1.29 is 9.53 Å². The minimum Gasteiger partial charge on any atom is -0.410 e. The maximum Gasteiger partial charge on any atom is 0.418 e. The van der Waals surface area contributed by atoms with Gasteiger partial charge in [-0.1, -0.05) is 30.3 Å². The Morgan fingerprint density at radius 2 is 1.92 bits per heavy atom. The molecular formula is C19H19N3O2. The van der Waals surface area contributed by atoms with Crippen molar-refractivity contribution in [1.29, 1.82) is 5.41 Å². The smallest absolute Gasteiger partial charge is 0.410 e. The second-order valence-electron chi connectivity index (χ2n) is 5.51. The van der Waals surface area contributed by atoms with E-state index in [1.165, 1.54) is 5.69 Å². The van der Waals surface area contributed by atoms with Crippen molar-refractivity contribution in [3.05, 3.63) is 65.9 Å². The predicted molar refractivity (Wildman–Crippen MR) is 94.8 cm³/mol. The summed E-state index contributed by atoms with van der Waals surface area (Å²) in [7, 11) is 0. The Labute approximate surface area is 140 Å². The van der Waals surface area contributed by atoms with E-state index < -0.39 is 6.09 Å². The van der Waals surface area contributed by atoms with Gasteiger partial charge < -0.3 is 9.30 Å². The standard InChI is InChI=1S/C19H19N3O2/c1-3-22-13(2)11-14-9-10-15(12-17(14)22)18(20)21-19(23)24-16-7-5-4-6-8-16/h4-12H,3H2,1-2H3,(H2,20,21,23). The Bertz CT molecular complexity index is 898. The number of hydrogen-bond acceptors (Lipinski definition) is 3. The number of hydrogen-bond donors (Lipinski definition) is 2. The number of carbonyl (C=O) groups is 1. The lowest BCUT2D eigenvalue weighted by Crippen LogP contribution is -2.33. The van der Waals surface area contributed by atoms with Crippen molar-refractivity contribution >= 4 is 22.8 Å². The molecule has 5 nitrogen and oxygen atoms in total. The highest BCUT2D eigenvalue weighted by molar-refractivity contribution is 6.06. The van der Waals surface area contributed by atoms with E-state index in [4.69, 9.17) is 10.1 Å². The van der Waals surface area contributed by atoms with Gasteiger partial charge in [-0.2, -0.15) is 0 Å². The van der Waals surface area contributed by atoms with Gasteiger partial charge in [-0.3, -0.25) is 10.7 Å². The monoisotopic (exact) mass is 321 g/mol. The van der Waals surface area contributed by atoms with E-state index in [0.717, 1.165) is 17.4 Å². The molecule has 122 valence electrons. The molecule has 24 heavy (non-hydrogen) atoms. The Hall–Kier alpha value is -3.08.